The number of pyridine rings is 1. The van der Waals surface area contributed by atoms with Crippen molar-refractivity contribution in [1.82, 2.24) is 19.9 Å². The third kappa shape index (κ3) is 2.41. The Hall–Kier alpha value is -2.21. The van der Waals surface area contributed by atoms with E-state index in [2.05, 4.69) is 15.0 Å². The van der Waals surface area contributed by atoms with Crippen molar-refractivity contribution in [2.75, 3.05) is 18.8 Å². The summed E-state index contributed by atoms with van der Waals surface area (Å²) in [6.07, 6.45) is 8.81. The summed E-state index contributed by atoms with van der Waals surface area (Å²) in [5.41, 5.74) is 8.37. The number of rotatable bonds is 1. The Balaban J connectivity index is 1.65. The number of nitrogens with two attached hydrogens (primary N) is 1. The van der Waals surface area contributed by atoms with E-state index in [0.717, 1.165) is 43.5 Å². The van der Waals surface area contributed by atoms with Gasteiger partial charge in [0.2, 0.25) is 5.95 Å². The van der Waals surface area contributed by atoms with E-state index in [9.17, 15) is 4.79 Å². The first-order valence-electron chi connectivity index (χ1n) is 8.10. The van der Waals surface area contributed by atoms with Crippen LogP contribution in [0.1, 0.15) is 40.9 Å². The summed E-state index contributed by atoms with van der Waals surface area (Å²) < 4.78 is 0. The molecule has 3 heterocycles. The van der Waals surface area contributed by atoms with Crippen molar-refractivity contribution in [2.24, 2.45) is 0 Å². The zero-order valence-electron chi connectivity index (χ0n) is 13.2. The van der Waals surface area contributed by atoms with Gasteiger partial charge in [-0.2, -0.15) is 0 Å². The standard InChI is InChI=1S/C17H18ClN5O/c18-13-9-20-6-3-12(13)15(24)23-7-1-4-17(10-23)5-2-11-8-21-16(19)22-14(11)17/h3,6,8-9H,1-2,4-5,7,10H2,(H2,19,21,22). The molecule has 4 rings (SSSR count). The van der Waals surface area contributed by atoms with Crippen molar-refractivity contribution < 1.29 is 4.79 Å². The van der Waals surface area contributed by atoms with E-state index < -0.39 is 0 Å². The van der Waals surface area contributed by atoms with Crippen molar-refractivity contribution in [3.05, 3.63) is 46.5 Å². The van der Waals surface area contributed by atoms with E-state index in [-0.39, 0.29) is 11.3 Å². The smallest absolute Gasteiger partial charge is 0.255 e. The van der Waals surface area contributed by atoms with Gasteiger partial charge in [-0.15, -0.1) is 0 Å². The summed E-state index contributed by atoms with van der Waals surface area (Å²) in [7, 11) is 0. The highest BCUT2D eigenvalue weighted by molar-refractivity contribution is 6.33. The number of amides is 1. The monoisotopic (exact) mass is 343 g/mol. The maximum absolute atomic E-state index is 12.9. The van der Waals surface area contributed by atoms with Crippen LogP contribution in [0.3, 0.4) is 0 Å². The number of carbonyl (C=O) groups is 1. The van der Waals surface area contributed by atoms with Crippen LogP contribution in [-0.4, -0.2) is 38.8 Å². The molecule has 0 aromatic carbocycles. The van der Waals surface area contributed by atoms with Crippen molar-refractivity contribution in [3.63, 3.8) is 0 Å². The number of aryl methyl sites for hydroxylation is 1. The van der Waals surface area contributed by atoms with Gasteiger partial charge in [-0.25, -0.2) is 9.97 Å². The first kappa shape index (κ1) is 15.3. The fraction of sp³-hybridized carbons (Fsp3) is 0.412. The zero-order valence-corrected chi connectivity index (χ0v) is 14.0. The predicted octanol–water partition coefficient (Wildman–Crippen LogP) is 2.23. The van der Waals surface area contributed by atoms with Gasteiger partial charge in [-0.1, -0.05) is 11.6 Å². The second kappa shape index (κ2) is 5.70. The predicted molar refractivity (Wildman–Crippen MR) is 90.8 cm³/mol. The van der Waals surface area contributed by atoms with Gasteiger partial charge in [0, 0.05) is 37.1 Å². The lowest BCUT2D eigenvalue weighted by atomic mass is 9.77. The third-order valence-corrected chi connectivity index (χ3v) is 5.43. The van der Waals surface area contributed by atoms with Crippen molar-refractivity contribution in [2.45, 2.75) is 31.1 Å². The van der Waals surface area contributed by atoms with E-state index in [1.54, 1.807) is 12.3 Å². The van der Waals surface area contributed by atoms with Crippen LogP contribution < -0.4 is 5.73 Å². The second-order valence-electron chi connectivity index (χ2n) is 6.57. The molecule has 2 N–H and O–H groups in total. The number of aromatic nitrogens is 3. The molecule has 24 heavy (non-hydrogen) atoms. The van der Waals surface area contributed by atoms with Crippen LogP contribution in [0.4, 0.5) is 5.95 Å². The summed E-state index contributed by atoms with van der Waals surface area (Å²) in [5.74, 6) is 0.257. The SMILES string of the molecule is Nc1ncc2c(n1)C1(CCCN(C(=O)c3ccncc3Cl)C1)CC2. The molecule has 1 spiro atoms. The lowest BCUT2D eigenvalue weighted by Gasteiger charge is -2.40. The van der Waals surface area contributed by atoms with Gasteiger partial charge in [-0.3, -0.25) is 9.78 Å². The Bertz CT molecular complexity index is 807. The Morgan fingerprint density at radius 2 is 2.21 bits per heavy atom. The molecular weight excluding hydrogens is 326 g/mol. The molecule has 7 heteroatoms. The normalized spacial score (nSPS) is 22.6. The van der Waals surface area contributed by atoms with Gasteiger partial charge < -0.3 is 10.6 Å². The molecule has 6 nitrogen and oxygen atoms in total. The molecule has 1 unspecified atom stereocenters. The quantitative estimate of drug-likeness (QED) is 0.858. The van der Waals surface area contributed by atoms with Gasteiger partial charge in [0.25, 0.3) is 5.91 Å². The Labute approximate surface area is 145 Å². The number of hydrogen-bond acceptors (Lipinski definition) is 5. The lowest BCUT2D eigenvalue weighted by Crippen LogP contribution is -2.48. The molecule has 124 valence electrons. The number of carbonyl (C=O) groups excluding carboxylic acids is 1. The Morgan fingerprint density at radius 3 is 3.04 bits per heavy atom. The number of piperidine rings is 1. The molecule has 1 aliphatic heterocycles. The van der Waals surface area contributed by atoms with E-state index >= 15 is 0 Å². The van der Waals surface area contributed by atoms with Crippen molar-refractivity contribution in [3.8, 4) is 0 Å². The highest BCUT2D eigenvalue weighted by atomic mass is 35.5. The third-order valence-electron chi connectivity index (χ3n) is 5.13. The minimum atomic E-state index is -0.111. The summed E-state index contributed by atoms with van der Waals surface area (Å²) in [6, 6.07) is 1.68. The molecule has 1 amide bonds. The molecule has 1 saturated heterocycles. The van der Waals surface area contributed by atoms with Gasteiger partial charge in [0.1, 0.15) is 0 Å². The van der Waals surface area contributed by atoms with Crippen molar-refractivity contribution >= 4 is 23.5 Å². The first-order chi connectivity index (χ1) is 11.6. The highest BCUT2D eigenvalue weighted by Crippen LogP contribution is 2.44. The van der Waals surface area contributed by atoms with Crippen LogP contribution >= 0.6 is 11.6 Å². The maximum Gasteiger partial charge on any atom is 0.255 e. The number of fused-ring (bicyclic) bond motifs is 2. The molecule has 0 radical (unpaired) electrons. The molecule has 0 bridgehead atoms. The van der Waals surface area contributed by atoms with E-state index in [0.29, 0.717) is 23.1 Å². The Morgan fingerprint density at radius 1 is 1.33 bits per heavy atom. The van der Waals surface area contributed by atoms with Crippen LogP contribution in [0.2, 0.25) is 5.02 Å². The Kier molecular flexibility index (Phi) is 3.64. The molecule has 2 aromatic rings. The van der Waals surface area contributed by atoms with Gasteiger partial charge in [-0.05, 0) is 37.3 Å². The van der Waals surface area contributed by atoms with Gasteiger partial charge >= 0.3 is 0 Å². The lowest BCUT2D eigenvalue weighted by molar-refractivity contribution is 0.0633. The molecule has 1 atom stereocenters. The first-order valence-corrected chi connectivity index (χ1v) is 8.47. The number of likely N-dealkylation sites (tertiary alicyclic amines) is 1. The summed E-state index contributed by atoms with van der Waals surface area (Å²) in [5, 5.41) is 0.389. The van der Waals surface area contributed by atoms with E-state index in [4.69, 9.17) is 17.3 Å². The average molecular weight is 344 g/mol. The number of nitrogen functional groups attached to an aromatic ring is 1. The highest BCUT2D eigenvalue weighted by Gasteiger charge is 2.44. The number of halogens is 1. The fourth-order valence-corrected chi connectivity index (χ4v) is 4.18. The van der Waals surface area contributed by atoms with Gasteiger partial charge in [0.05, 0.1) is 16.3 Å². The largest absolute Gasteiger partial charge is 0.368 e. The minimum Gasteiger partial charge on any atom is -0.368 e. The summed E-state index contributed by atoms with van der Waals surface area (Å²) in [6.45, 7) is 1.38. The van der Waals surface area contributed by atoms with E-state index in [1.807, 2.05) is 11.1 Å². The average Bonchev–Trinajstić information content (AvgIpc) is 2.92. The topological polar surface area (TPSA) is 85.0 Å². The molecule has 1 fully saturated rings. The minimum absolute atomic E-state index is 0.0445. The van der Waals surface area contributed by atoms with Crippen LogP contribution in [0.15, 0.2) is 24.7 Å². The zero-order chi connectivity index (χ0) is 16.7. The second-order valence-corrected chi connectivity index (χ2v) is 6.98. The van der Waals surface area contributed by atoms with Crippen LogP contribution in [0.25, 0.3) is 0 Å². The summed E-state index contributed by atoms with van der Waals surface area (Å²) >= 11 is 6.14. The van der Waals surface area contributed by atoms with Crippen LogP contribution in [0, 0.1) is 0 Å². The molecular formula is C17H18ClN5O. The number of nitrogens with zero attached hydrogens (tertiary/aromatic N) is 4. The van der Waals surface area contributed by atoms with Crippen molar-refractivity contribution in [1.29, 1.82) is 0 Å². The number of anilines is 1. The molecule has 1 aliphatic carbocycles. The molecule has 2 aromatic heterocycles. The molecule has 0 saturated carbocycles. The maximum atomic E-state index is 12.9. The van der Waals surface area contributed by atoms with E-state index in [1.165, 1.54) is 6.20 Å². The van der Waals surface area contributed by atoms with Crippen LogP contribution in [0.5, 0.6) is 0 Å². The fourth-order valence-electron chi connectivity index (χ4n) is 3.98. The van der Waals surface area contributed by atoms with Crippen LogP contribution in [-0.2, 0) is 11.8 Å². The number of hydrogen-bond donors (Lipinski definition) is 1. The summed E-state index contributed by atoms with van der Waals surface area (Å²) in [4.78, 5) is 27.3. The van der Waals surface area contributed by atoms with Gasteiger partial charge in [0.15, 0.2) is 0 Å². The molecule has 2 aliphatic rings.